The van der Waals surface area contributed by atoms with Crippen LogP contribution in [0.15, 0.2) is 71.2 Å². The van der Waals surface area contributed by atoms with Gasteiger partial charge in [-0.3, -0.25) is 4.79 Å². The molecular formula is C39H56Cl4N10O12S5. The Morgan fingerprint density at radius 3 is 1.10 bits per heavy atom. The zero-order valence-corrected chi connectivity index (χ0v) is 44.8. The highest BCUT2D eigenvalue weighted by Gasteiger charge is 2.11. The van der Waals surface area contributed by atoms with Crippen LogP contribution in [-0.2, 0) is 46.2 Å². The zero-order chi connectivity index (χ0) is 53.4. The molecule has 3 heterocycles. The van der Waals surface area contributed by atoms with E-state index in [0.717, 1.165) is 24.3 Å². The van der Waals surface area contributed by atoms with Crippen molar-refractivity contribution in [2.75, 3.05) is 88.2 Å². The van der Waals surface area contributed by atoms with Gasteiger partial charge in [0.1, 0.15) is 24.9 Å². The van der Waals surface area contributed by atoms with Gasteiger partial charge in [-0.25, -0.2) is 34.3 Å². The first kappa shape index (κ1) is 71.0. The number of esters is 3. The lowest BCUT2D eigenvalue weighted by Gasteiger charge is -2.07. The van der Waals surface area contributed by atoms with E-state index in [-0.39, 0.29) is 68.7 Å². The summed E-state index contributed by atoms with van der Waals surface area (Å²) in [6, 6.07) is 0. The summed E-state index contributed by atoms with van der Waals surface area (Å²) in [6.45, 7) is 14.6. The van der Waals surface area contributed by atoms with Crippen LogP contribution in [0.4, 0.5) is 0 Å². The van der Waals surface area contributed by atoms with Crippen molar-refractivity contribution in [1.29, 1.82) is 0 Å². The smallest absolute Gasteiger partial charge is 0.330 e. The maximum Gasteiger partial charge on any atom is 0.330 e. The van der Waals surface area contributed by atoms with Crippen molar-refractivity contribution < 1.29 is 58.9 Å². The van der Waals surface area contributed by atoms with E-state index in [1.165, 1.54) is 47.0 Å². The quantitative estimate of drug-likeness (QED) is 0.0109. The van der Waals surface area contributed by atoms with Gasteiger partial charge in [0.15, 0.2) is 20.6 Å². The van der Waals surface area contributed by atoms with Gasteiger partial charge in [0, 0.05) is 73.0 Å². The molecule has 0 saturated heterocycles. The number of nitrogens with two attached hydrogens (primary N) is 1. The van der Waals surface area contributed by atoms with E-state index in [0.29, 0.717) is 93.3 Å². The fourth-order valence-electron chi connectivity index (χ4n) is 3.18. The van der Waals surface area contributed by atoms with Crippen molar-refractivity contribution >= 4 is 129 Å². The molecule has 70 heavy (non-hydrogen) atoms. The highest BCUT2D eigenvalue weighted by molar-refractivity contribution is 8.00. The molecule has 3 rings (SSSR count). The van der Waals surface area contributed by atoms with E-state index in [4.69, 9.17) is 91.9 Å². The molecule has 0 spiro atoms. The number of hydrogen-bond donors (Lipinski definition) is 7. The second-order valence-electron chi connectivity index (χ2n) is 11.1. The number of ether oxygens (including phenoxy) is 3. The standard InChI is InChI=1S/C19H23N3O6S2.C10H17N3O3S2.C3Cl3N3.C3H3ClO.C2H7NO.C2H6OS/c1-4-15(23)26-9-7-8-14-20-18(29-12-10-27-16(24)5-2)22-19(21-14)30-13-11-28-17(25)6-3;14-3-1-2-8-11-9(17-6-4-15)13-10(12-8)18-7-5-16;4-1-7-2(5)9-3(6)8-1;1-2-3(4)5;2*3-1-2-4/h4-6H,1-3,7-13H2;14-16H,1-7H2;;2H,1H2;4H,1-3H2;3-4H,1-2H2. The first-order valence-electron chi connectivity index (χ1n) is 19.8. The molecule has 31 heteroatoms. The first-order chi connectivity index (χ1) is 33.6. The number of carbonyl (C=O) groups is 4. The van der Waals surface area contributed by atoms with E-state index < -0.39 is 23.2 Å². The van der Waals surface area contributed by atoms with Crippen LogP contribution in [0.3, 0.4) is 0 Å². The molecule has 0 unspecified atom stereocenters. The predicted molar refractivity (Wildman–Crippen MR) is 277 cm³/mol. The minimum absolute atomic E-state index is 0.000000000000000444. The van der Waals surface area contributed by atoms with Crippen LogP contribution in [0.25, 0.3) is 0 Å². The number of halogens is 4. The van der Waals surface area contributed by atoms with Gasteiger partial charge >= 0.3 is 17.9 Å². The Morgan fingerprint density at radius 1 is 0.514 bits per heavy atom. The summed E-state index contributed by atoms with van der Waals surface area (Å²) < 4.78 is 14.8. The Labute approximate surface area is 448 Å². The third-order valence-electron chi connectivity index (χ3n) is 5.83. The number of hydrogen-bond acceptors (Lipinski definition) is 27. The molecule has 0 fully saturated rings. The van der Waals surface area contributed by atoms with Crippen LogP contribution >= 0.6 is 106 Å². The van der Waals surface area contributed by atoms with Gasteiger partial charge in [-0.2, -0.15) is 37.5 Å². The van der Waals surface area contributed by atoms with Crippen molar-refractivity contribution in [3.8, 4) is 0 Å². The fraction of sp³-hybridized carbons (Fsp3) is 0.462. The van der Waals surface area contributed by atoms with Crippen molar-refractivity contribution in [3.63, 3.8) is 0 Å². The average Bonchev–Trinajstić information content (AvgIpc) is 3.35. The Kier molecular flexibility index (Phi) is 51.4. The van der Waals surface area contributed by atoms with Gasteiger partial charge < -0.3 is 45.5 Å². The molecule has 392 valence electrons. The number of aliphatic hydroxyl groups is 5. The molecular weight excluding hydrogens is 1100 g/mol. The highest BCUT2D eigenvalue weighted by Crippen LogP contribution is 2.20. The number of rotatable bonds is 27. The van der Waals surface area contributed by atoms with Crippen molar-refractivity contribution in [2.24, 2.45) is 5.73 Å². The number of thiol groups is 1. The number of nitrogens with zero attached hydrogens (tertiary/aromatic N) is 9. The molecule has 0 bridgehead atoms. The normalized spacial score (nSPS) is 9.64. The number of aromatic nitrogens is 9. The molecule has 0 aromatic carbocycles. The summed E-state index contributed by atoms with van der Waals surface area (Å²) in [4.78, 5) is 79.0. The summed E-state index contributed by atoms with van der Waals surface area (Å²) in [5, 5.41) is 43.5. The summed E-state index contributed by atoms with van der Waals surface area (Å²) in [6.07, 6.45) is 6.55. The van der Waals surface area contributed by atoms with Crippen LogP contribution in [-0.4, -0.2) is 182 Å². The van der Waals surface area contributed by atoms with Crippen LogP contribution in [0.1, 0.15) is 24.5 Å². The van der Waals surface area contributed by atoms with Crippen LogP contribution < -0.4 is 5.73 Å². The van der Waals surface area contributed by atoms with E-state index in [2.05, 4.69) is 83.8 Å². The van der Waals surface area contributed by atoms with Crippen molar-refractivity contribution in [3.05, 3.63) is 78.1 Å². The Hall–Kier alpha value is -3.26. The number of aryl methyl sites for hydroxylation is 2. The van der Waals surface area contributed by atoms with Crippen molar-refractivity contribution in [1.82, 2.24) is 44.9 Å². The molecule has 0 atom stereocenters. The summed E-state index contributed by atoms with van der Waals surface area (Å²) in [5.41, 5.74) is 4.78. The lowest BCUT2D eigenvalue weighted by atomic mass is 10.3. The topological polar surface area (TPSA) is 339 Å². The molecule has 0 aliphatic carbocycles. The van der Waals surface area contributed by atoms with E-state index >= 15 is 0 Å². The predicted octanol–water partition coefficient (Wildman–Crippen LogP) is 3.76. The molecule has 0 amide bonds. The Bertz CT molecular complexity index is 1730. The molecule has 0 aliphatic heterocycles. The zero-order valence-electron chi connectivity index (χ0n) is 37.7. The second kappa shape index (κ2) is 50.7. The monoisotopic (exact) mass is 1160 g/mol. The van der Waals surface area contributed by atoms with E-state index in [9.17, 15) is 19.2 Å². The maximum absolute atomic E-state index is 11.1. The summed E-state index contributed by atoms with van der Waals surface area (Å²) in [5.74, 6) is 2.26. The van der Waals surface area contributed by atoms with Crippen LogP contribution in [0.2, 0.25) is 15.9 Å². The molecule has 0 saturated carbocycles. The summed E-state index contributed by atoms with van der Waals surface area (Å²) in [7, 11) is 0. The van der Waals surface area contributed by atoms with Crippen LogP contribution in [0.5, 0.6) is 0 Å². The van der Waals surface area contributed by atoms with E-state index in [1.54, 1.807) is 0 Å². The lowest BCUT2D eigenvalue weighted by molar-refractivity contribution is -0.138. The number of allylic oxidation sites excluding steroid dienone is 1. The second-order valence-corrected chi connectivity index (χ2v) is 17.2. The minimum atomic E-state index is -0.509. The van der Waals surface area contributed by atoms with Gasteiger partial charge in [0.25, 0.3) is 0 Å². The molecule has 3 aromatic rings. The highest BCUT2D eigenvalue weighted by atomic mass is 35.5. The van der Waals surface area contributed by atoms with Gasteiger partial charge in [-0.15, -0.1) is 0 Å². The van der Waals surface area contributed by atoms with Crippen LogP contribution in [0, 0.1) is 0 Å². The lowest BCUT2D eigenvalue weighted by Crippen LogP contribution is -2.08. The van der Waals surface area contributed by atoms with Gasteiger partial charge in [0.05, 0.1) is 33.0 Å². The molecule has 22 nitrogen and oxygen atoms in total. The first-order valence-corrected chi connectivity index (χ1v) is 25.9. The summed E-state index contributed by atoms with van der Waals surface area (Å²) >= 11 is 29.7. The third kappa shape index (κ3) is 45.9. The Balaban J connectivity index is -0.000000935. The maximum atomic E-state index is 11.1. The van der Waals surface area contributed by atoms with Gasteiger partial charge in [0.2, 0.25) is 21.1 Å². The molecule has 3 aromatic heterocycles. The third-order valence-corrected chi connectivity index (χ3v) is 9.97. The number of thioether (sulfide) groups is 4. The molecule has 0 aliphatic rings. The molecule has 0 radical (unpaired) electrons. The minimum Gasteiger partial charge on any atom is -0.463 e. The molecule has 7 N–H and O–H groups in total. The number of carbonyl (C=O) groups excluding carboxylic acids is 4. The average molecular weight is 1160 g/mol. The van der Waals surface area contributed by atoms with Gasteiger partial charge in [-0.05, 0) is 65.3 Å². The van der Waals surface area contributed by atoms with E-state index in [1.807, 2.05) is 0 Å². The number of aliphatic hydroxyl groups excluding tert-OH is 5. The van der Waals surface area contributed by atoms with Gasteiger partial charge in [-0.1, -0.05) is 73.4 Å². The largest absolute Gasteiger partial charge is 0.463 e. The fourth-order valence-corrected chi connectivity index (χ4v) is 6.44. The SMILES string of the molecule is C=CC(=O)Cl.C=CC(=O)OCCCc1nc(SCCOC(=O)C=C)nc(SCCOC(=O)C=C)n1.Clc1nc(Cl)nc(Cl)n1.NCCO.OCCCc1nc(SCCO)nc(SCCO)n1.OCCS. The van der Waals surface area contributed by atoms with Crippen molar-refractivity contribution in [2.45, 2.75) is 46.3 Å². The Morgan fingerprint density at radius 2 is 0.829 bits per heavy atom.